The van der Waals surface area contributed by atoms with Gasteiger partial charge in [-0.1, -0.05) is 26.7 Å². The van der Waals surface area contributed by atoms with Gasteiger partial charge in [0.15, 0.2) is 0 Å². The Morgan fingerprint density at radius 3 is 2.31 bits per heavy atom. The van der Waals surface area contributed by atoms with E-state index in [1.165, 1.54) is 6.26 Å². The van der Waals surface area contributed by atoms with Crippen molar-refractivity contribution in [1.29, 1.82) is 0 Å². The van der Waals surface area contributed by atoms with Gasteiger partial charge in [0.05, 0.1) is 6.26 Å². The highest BCUT2D eigenvalue weighted by Crippen LogP contribution is 2.10. The van der Waals surface area contributed by atoms with E-state index in [0.717, 1.165) is 38.8 Å². The third kappa shape index (κ3) is 3.72. The van der Waals surface area contributed by atoms with Crippen LogP contribution >= 0.6 is 0 Å². The Hall–Kier alpha value is -1.25. The smallest absolute Gasteiger partial charge is 0.359 e. The van der Waals surface area contributed by atoms with Gasteiger partial charge in [0, 0.05) is 13.1 Å². The Labute approximate surface area is 97.1 Å². The van der Waals surface area contributed by atoms with Crippen molar-refractivity contribution in [2.75, 3.05) is 18.0 Å². The predicted molar refractivity (Wildman–Crippen MR) is 67.0 cm³/mol. The first-order valence-corrected chi connectivity index (χ1v) is 6.12. The number of unbranched alkanes of at least 4 members (excludes halogenated alkanes) is 2. The van der Waals surface area contributed by atoms with E-state index in [2.05, 4.69) is 18.7 Å². The van der Waals surface area contributed by atoms with Crippen LogP contribution in [-0.4, -0.2) is 13.1 Å². The average molecular weight is 223 g/mol. The van der Waals surface area contributed by atoms with Crippen LogP contribution in [-0.2, 0) is 0 Å². The molecule has 0 amide bonds. The monoisotopic (exact) mass is 223 g/mol. The number of hydrogen-bond donors (Lipinski definition) is 0. The average Bonchev–Trinajstić information content (AvgIpc) is 2.31. The lowest BCUT2D eigenvalue weighted by atomic mass is 10.2. The first-order chi connectivity index (χ1) is 7.79. The summed E-state index contributed by atoms with van der Waals surface area (Å²) in [6.07, 6.45) is 5.93. The fourth-order valence-corrected chi connectivity index (χ4v) is 1.65. The van der Waals surface area contributed by atoms with Crippen LogP contribution in [0, 0.1) is 0 Å². The molecule has 90 valence electrons. The van der Waals surface area contributed by atoms with Crippen molar-refractivity contribution >= 4 is 5.69 Å². The molecule has 0 aromatic carbocycles. The second-order valence-electron chi connectivity index (χ2n) is 3.98. The lowest BCUT2D eigenvalue weighted by molar-refractivity contribution is 0.506. The molecule has 0 bridgehead atoms. The van der Waals surface area contributed by atoms with Crippen molar-refractivity contribution in [3.05, 3.63) is 28.8 Å². The second kappa shape index (κ2) is 7.09. The molecule has 1 aromatic rings. The molecule has 3 heteroatoms. The molecule has 0 aliphatic carbocycles. The summed E-state index contributed by atoms with van der Waals surface area (Å²) in [6, 6.07) is 3.62. The van der Waals surface area contributed by atoms with E-state index in [0.29, 0.717) is 5.69 Å². The highest BCUT2D eigenvalue weighted by Gasteiger charge is 2.09. The minimum absolute atomic E-state index is 0.227. The van der Waals surface area contributed by atoms with Gasteiger partial charge >= 0.3 is 5.63 Å². The van der Waals surface area contributed by atoms with E-state index >= 15 is 0 Å². The van der Waals surface area contributed by atoms with Gasteiger partial charge in [0.25, 0.3) is 0 Å². The van der Waals surface area contributed by atoms with Gasteiger partial charge in [-0.05, 0) is 25.0 Å². The zero-order valence-corrected chi connectivity index (χ0v) is 10.2. The maximum atomic E-state index is 11.6. The molecule has 0 aliphatic heterocycles. The van der Waals surface area contributed by atoms with Crippen LogP contribution in [0.2, 0.25) is 0 Å². The largest absolute Gasteiger partial charge is 0.430 e. The molecule has 0 unspecified atom stereocenters. The van der Waals surface area contributed by atoms with E-state index < -0.39 is 0 Å². The zero-order chi connectivity index (χ0) is 11.8. The van der Waals surface area contributed by atoms with Crippen molar-refractivity contribution in [1.82, 2.24) is 0 Å². The molecule has 1 heterocycles. The Morgan fingerprint density at radius 1 is 1.19 bits per heavy atom. The van der Waals surface area contributed by atoms with Crippen LogP contribution in [0.1, 0.15) is 39.5 Å². The maximum Gasteiger partial charge on any atom is 0.359 e. The molecule has 1 aromatic heterocycles. The summed E-state index contributed by atoms with van der Waals surface area (Å²) in [5.41, 5.74) is 0.471. The Bertz CT molecular complexity index is 338. The maximum absolute atomic E-state index is 11.6. The fourth-order valence-electron chi connectivity index (χ4n) is 1.65. The lowest BCUT2D eigenvalue weighted by Crippen LogP contribution is -2.29. The van der Waals surface area contributed by atoms with Crippen molar-refractivity contribution in [2.24, 2.45) is 0 Å². The molecule has 0 spiro atoms. The summed E-state index contributed by atoms with van der Waals surface area (Å²) in [5, 5.41) is 0. The molecule has 16 heavy (non-hydrogen) atoms. The zero-order valence-electron chi connectivity index (χ0n) is 10.2. The highest BCUT2D eigenvalue weighted by atomic mass is 16.4. The summed E-state index contributed by atoms with van der Waals surface area (Å²) in [4.78, 5) is 13.7. The number of hydrogen-bond acceptors (Lipinski definition) is 3. The van der Waals surface area contributed by atoms with Gasteiger partial charge in [-0.3, -0.25) is 0 Å². The Morgan fingerprint density at radius 2 is 1.81 bits per heavy atom. The van der Waals surface area contributed by atoms with Gasteiger partial charge in [0.2, 0.25) is 0 Å². The van der Waals surface area contributed by atoms with Gasteiger partial charge in [0.1, 0.15) is 5.69 Å². The fraction of sp³-hybridized carbons (Fsp3) is 0.615. The van der Waals surface area contributed by atoms with Crippen LogP contribution < -0.4 is 10.5 Å². The summed E-state index contributed by atoms with van der Waals surface area (Å²) in [6.45, 7) is 6.19. The van der Waals surface area contributed by atoms with E-state index in [-0.39, 0.29) is 5.63 Å². The second-order valence-corrected chi connectivity index (χ2v) is 3.98. The minimum atomic E-state index is -0.227. The van der Waals surface area contributed by atoms with Gasteiger partial charge in [-0.25, -0.2) is 4.79 Å². The molecule has 3 nitrogen and oxygen atoms in total. The molecule has 0 fully saturated rings. The predicted octanol–water partition coefficient (Wildman–Crippen LogP) is 3.05. The normalized spacial score (nSPS) is 10.4. The first kappa shape index (κ1) is 12.8. The number of anilines is 1. The van der Waals surface area contributed by atoms with Crippen molar-refractivity contribution < 1.29 is 4.42 Å². The molecule has 1 rings (SSSR count). The molecule has 0 aliphatic rings. The van der Waals surface area contributed by atoms with E-state index in [1.54, 1.807) is 6.07 Å². The highest BCUT2D eigenvalue weighted by molar-refractivity contribution is 5.42. The Balaban J connectivity index is 2.74. The first-order valence-electron chi connectivity index (χ1n) is 6.12. The molecule has 0 N–H and O–H groups in total. The topological polar surface area (TPSA) is 33.5 Å². The summed E-state index contributed by atoms with van der Waals surface area (Å²) >= 11 is 0. The van der Waals surface area contributed by atoms with E-state index in [9.17, 15) is 4.79 Å². The lowest BCUT2D eigenvalue weighted by Gasteiger charge is -2.22. The van der Waals surface area contributed by atoms with E-state index in [1.807, 2.05) is 6.07 Å². The summed E-state index contributed by atoms with van der Waals surface area (Å²) in [7, 11) is 0. The van der Waals surface area contributed by atoms with Crippen LogP contribution in [0.3, 0.4) is 0 Å². The van der Waals surface area contributed by atoms with Crippen molar-refractivity contribution in [3.8, 4) is 0 Å². The van der Waals surface area contributed by atoms with Crippen LogP contribution in [0.4, 0.5) is 5.69 Å². The van der Waals surface area contributed by atoms with Crippen LogP contribution in [0.15, 0.2) is 27.6 Å². The van der Waals surface area contributed by atoms with Gasteiger partial charge in [-0.2, -0.15) is 0 Å². The quantitative estimate of drug-likeness (QED) is 0.712. The SMILES string of the molecule is CCCCN(CCCC)c1cccoc1=O. The number of nitrogens with zero attached hydrogens (tertiary/aromatic N) is 1. The Kier molecular flexibility index (Phi) is 5.68. The van der Waals surface area contributed by atoms with Crippen molar-refractivity contribution in [2.45, 2.75) is 39.5 Å². The van der Waals surface area contributed by atoms with Crippen molar-refractivity contribution in [3.63, 3.8) is 0 Å². The molecule has 0 atom stereocenters. The minimum Gasteiger partial charge on any atom is -0.430 e. The van der Waals surface area contributed by atoms with Crippen LogP contribution in [0.5, 0.6) is 0 Å². The summed E-state index contributed by atoms with van der Waals surface area (Å²) < 4.78 is 4.90. The molecular formula is C13H21NO2. The van der Waals surface area contributed by atoms with Gasteiger partial charge in [-0.15, -0.1) is 0 Å². The summed E-state index contributed by atoms with van der Waals surface area (Å²) in [5.74, 6) is 0. The molecule has 0 saturated heterocycles. The molecule has 0 radical (unpaired) electrons. The standard InChI is InChI=1S/C13H21NO2/c1-3-5-9-14(10-6-4-2)12-8-7-11-16-13(12)15/h7-8,11H,3-6,9-10H2,1-2H3. The van der Waals surface area contributed by atoms with Crippen LogP contribution in [0.25, 0.3) is 0 Å². The van der Waals surface area contributed by atoms with E-state index in [4.69, 9.17) is 4.42 Å². The number of rotatable bonds is 7. The third-order valence-corrected chi connectivity index (χ3v) is 2.62. The molecular weight excluding hydrogens is 202 g/mol. The molecule has 0 saturated carbocycles. The third-order valence-electron chi connectivity index (χ3n) is 2.62. The van der Waals surface area contributed by atoms with Gasteiger partial charge < -0.3 is 9.32 Å².